The number of amides is 1. The van der Waals surface area contributed by atoms with Gasteiger partial charge in [-0.05, 0) is 49.4 Å². The first kappa shape index (κ1) is 17.7. The topological polar surface area (TPSA) is 63.1 Å². The van der Waals surface area contributed by atoms with Crippen molar-refractivity contribution >= 4 is 28.2 Å². The quantitative estimate of drug-likeness (QED) is 0.588. The zero-order valence-corrected chi connectivity index (χ0v) is 16.0. The van der Waals surface area contributed by atoms with Crippen molar-refractivity contribution < 1.29 is 4.79 Å². The Bertz CT molecular complexity index is 1150. The highest BCUT2D eigenvalue weighted by Gasteiger charge is 2.16. The number of benzene rings is 2. The molecule has 0 saturated carbocycles. The lowest BCUT2D eigenvalue weighted by molar-refractivity contribution is 0.102. The second-order valence-corrected chi connectivity index (χ2v) is 6.81. The molecule has 0 bridgehead atoms. The first-order valence-electron chi connectivity index (χ1n) is 9.02. The minimum atomic E-state index is -0.192. The van der Waals surface area contributed by atoms with Gasteiger partial charge in [0.15, 0.2) is 5.82 Å². The number of fused-ring (bicyclic) bond motifs is 1. The molecule has 6 nitrogen and oxygen atoms in total. The molecule has 0 radical (unpaired) electrons. The molecule has 2 heterocycles. The van der Waals surface area contributed by atoms with E-state index in [0.29, 0.717) is 11.4 Å². The number of pyridine rings is 1. The van der Waals surface area contributed by atoms with Gasteiger partial charge >= 0.3 is 0 Å². The van der Waals surface area contributed by atoms with E-state index in [-0.39, 0.29) is 5.91 Å². The number of carbonyl (C=O) groups excluding carboxylic acids is 1. The lowest BCUT2D eigenvalue weighted by Gasteiger charge is -2.13. The summed E-state index contributed by atoms with van der Waals surface area (Å²) in [4.78, 5) is 19.4. The molecule has 28 heavy (non-hydrogen) atoms. The second kappa shape index (κ2) is 7.15. The van der Waals surface area contributed by atoms with Crippen molar-refractivity contribution in [3.8, 4) is 5.82 Å². The molecule has 0 aliphatic heterocycles. The van der Waals surface area contributed by atoms with Crippen LogP contribution in [0.5, 0.6) is 0 Å². The minimum Gasteiger partial charge on any atom is -0.378 e. The van der Waals surface area contributed by atoms with Crippen LogP contribution in [0.3, 0.4) is 0 Å². The Labute approximate surface area is 163 Å². The summed E-state index contributed by atoms with van der Waals surface area (Å²) in [6.07, 6.45) is 1.58. The average molecular weight is 371 g/mol. The molecule has 0 aliphatic rings. The molecule has 4 aromatic rings. The van der Waals surface area contributed by atoms with Gasteiger partial charge in [-0.1, -0.05) is 18.2 Å². The van der Waals surface area contributed by atoms with Gasteiger partial charge in [0, 0.05) is 30.9 Å². The number of anilines is 2. The Balaban J connectivity index is 1.59. The Morgan fingerprint density at radius 1 is 1.00 bits per heavy atom. The summed E-state index contributed by atoms with van der Waals surface area (Å²) in [5, 5.41) is 8.37. The van der Waals surface area contributed by atoms with Crippen LogP contribution in [0.15, 0.2) is 66.9 Å². The Hall–Kier alpha value is -3.67. The number of carbonyl (C=O) groups is 1. The van der Waals surface area contributed by atoms with E-state index < -0.39 is 0 Å². The lowest BCUT2D eigenvalue weighted by atomic mass is 10.2. The molecular formula is C22H21N5O. The summed E-state index contributed by atoms with van der Waals surface area (Å²) < 4.78 is 1.69. The highest BCUT2D eigenvalue weighted by Crippen LogP contribution is 2.19. The van der Waals surface area contributed by atoms with E-state index in [4.69, 9.17) is 0 Å². The summed E-state index contributed by atoms with van der Waals surface area (Å²) in [6, 6.07) is 19.5. The average Bonchev–Trinajstić information content (AvgIpc) is 3.09. The molecule has 0 fully saturated rings. The van der Waals surface area contributed by atoms with Crippen LogP contribution >= 0.6 is 0 Å². The molecule has 2 aromatic carbocycles. The van der Waals surface area contributed by atoms with Crippen LogP contribution in [0.4, 0.5) is 11.4 Å². The smallest absolute Gasteiger partial charge is 0.259 e. The van der Waals surface area contributed by atoms with E-state index in [9.17, 15) is 4.79 Å². The van der Waals surface area contributed by atoms with E-state index in [1.54, 1.807) is 10.9 Å². The third-order valence-corrected chi connectivity index (χ3v) is 4.70. The van der Waals surface area contributed by atoms with E-state index in [1.807, 2.05) is 86.6 Å². The highest BCUT2D eigenvalue weighted by atomic mass is 16.1. The summed E-state index contributed by atoms with van der Waals surface area (Å²) >= 11 is 0. The number of rotatable bonds is 4. The van der Waals surface area contributed by atoms with Gasteiger partial charge in [-0.25, -0.2) is 9.67 Å². The van der Waals surface area contributed by atoms with Gasteiger partial charge in [0.1, 0.15) is 0 Å². The fraction of sp³-hybridized carbons (Fsp3) is 0.136. The summed E-state index contributed by atoms with van der Waals surface area (Å²) in [6.45, 7) is 1.87. The van der Waals surface area contributed by atoms with Crippen molar-refractivity contribution in [2.45, 2.75) is 6.92 Å². The molecule has 2 aromatic heterocycles. The molecular weight excluding hydrogens is 350 g/mol. The Morgan fingerprint density at radius 3 is 2.50 bits per heavy atom. The maximum absolute atomic E-state index is 12.7. The van der Waals surface area contributed by atoms with E-state index in [2.05, 4.69) is 15.4 Å². The zero-order valence-electron chi connectivity index (χ0n) is 16.0. The third-order valence-electron chi connectivity index (χ3n) is 4.70. The number of nitrogens with zero attached hydrogens (tertiary/aromatic N) is 4. The number of para-hydroxylation sites is 1. The first-order chi connectivity index (χ1) is 13.5. The molecule has 0 spiro atoms. The summed E-state index contributed by atoms with van der Waals surface area (Å²) in [5.41, 5.74) is 3.97. The number of hydrogen-bond donors (Lipinski definition) is 1. The van der Waals surface area contributed by atoms with Gasteiger partial charge in [0.05, 0.1) is 23.0 Å². The molecule has 0 aliphatic carbocycles. The molecule has 1 N–H and O–H groups in total. The van der Waals surface area contributed by atoms with Gasteiger partial charge in [0.2, 0.25) is 0 Å². The maximum Gasteiger partial charge on any atom is 0.259 e. The van der Waals surface area contributed by atoms with Gasteiger partial charge in [-0.2, -0.15) is 5.10 Å². The van der Waals surface area contributed by atoms with Crippen LogP contribution in [0.1, 0.15) is 16.1 Å². The van der Waals surface area contributed by atoms with Crippen molar-refractivity contribution in [3.05, 3.63) is 78.1 Å². The predicted molar refractivity (Wildman–Crippen MR) is 112 cm³/mol. The predicted octanol–water partition coefficient (Wildman–Crippen LogP) is 4.05. The molecule has 140 valence electrons. The lowest BCUT2D eigenvalue weighted by Crippen LogP contribution is -2.14. The molecule has 1 amide bonds. The third kappa shape index (κ3) is 3.32. The Kier molecular flexibility index (Phi) is 4.53. The van der Waals surface area contributed by atoms with Gasteiger partial charge in [-0.3, -0.25) is 4.79 Å². The van der Waals surface area contributed by atoms with Gasteiger partial charge in [-0.15, -0.1) is 0 Å². The van der Waals surface area contributed by atoms with Crippen LogP contribution in [-0.4, -0.2) is 34.8 Å². The van der Waals surface area contributed by atoms with Crippen LogP contribution < -0.4 is 10.2 Å². The number of nitrogens with one attached hydrogen (secondary N) is 1. The van der Waals surface area contributed by atoms with Crippen molar-refractivity contribution in [2.24, 2.45) is 0 Å². The zero-order chi connectivity index (χ0) is 19.7. The fourth-order valence-electron chi connectivity index (χ4n) is 3.08. The molecule has 4 rings (SSSR count). The second-order valence-electron chi connectivity index (χ2n) is 6.81. The molecule has 0 saturated heterocycles. The van der Waals surface area contributed by atoms with Crippen LogP contribution in [0, 0.1) is 6.92 Å². The van der Waals surface area contributed by atoms with E-state index in [0.717, 1.165) is 28.0 Å². The maximum atomic E-state index is 12.7. The molecule has 0 atom stereocenters. The molecule has 6 heteroatoms. The van der Waals surface area contributed by atoms with Crippen molar-refractivity contribution in [1.29, 1.82) is 0 Å². The van der Waals surface area contributed by atoms with Crippen molar-refractivity contribution in [3.63, 3.8) is 0 Å². The Morgan fingerprint density at radius 2 is 1.75 bits per heavy atom. The largest absolute Gasteiger partial charge is 0.378 e. The summed E-state index contributed by atoms with van der Waals surface area (Å²) in [7, 11) is 3.96. The van der Waals surface area contributed by atoms with Crippen LogP contribution in [0.2, 0.25) is 0 Å². The molecule has 0 unspecified atom stereocenters. The van der Waals surface area contributed by atoms with Crippen LogP contribution in [0.25, 0.3) is 16.7 Å². The van der Waals surface area contributed by atoms with Crippen molar-refractivity contribution in [2.75, 3.05) is 24.3 Å². The van der Waals surface area contributed by atoms with Gasteiger partial charge in [0.25, 0.3) is 5.91 Å². The first-order valence-corrected chi connectivity index (χ1v) is 9.02. The monoisotopic (exact) mass is 371 g/mol. The fourth-order valence-corrected chi connectivity index (χ4v) is 3.08. The van der Waals surface area contributed by atoms with Crippen LogP contribution in [-0.2, 0) is 0 Å². The normalized spacial score (nSPS) is 10.8. The number of aromatic nitrogens is 3. The summed E-state index contributed by atoms with van der Waals surface area (Å²) in [5.74, 6) is 0.493. The van der Waals surface area contributed by atoms with Crippen molar-refractivity contribution in [1.82, 2.24) is 14.8 Å². The van der Waals surface area contributed by atoms with E-state index in [1.165, 1.54) is 0 Å². The van der Waals surface area contributed by atoms with Gasteiger partial charge < -0.3 is 10.2 Å². The highest BCUT2D eigenvalue weighted by molar-refractivity contribution is 6.05. The van der Waals surface area contributed by atoms with E-state index >= 15 is 0 Å². The standard InChI is InChI=1S/C22H21N5O/c1-15-19(22(28)24-17-9-11-18(12-10-17)26(2)3)14-23-27(15)21-13-8-16-6-4-5-7-20(16)25-21/h4-14H,1-3H3,(H,24,28). The SMILES string of the molecule is Cc1c(C(=O)Nc2ccc(N(C)C)cc2)cnn1-c1ccc2ccccc2n1. The minimum absolute atomic E-state index is 0.192. The number of hydrogen-bond acceptors (Lipinski definition) is 4.